The van der Waals surface area contributed by atoms with E-state index in [0.29, 0.717) is 71.8 Å². The number of nitrogens with two attached hydrogens (primary N) is 1. The molecular formula is C93H75Cl2F4N11O19. The molecule has 6 aromatic carbocycles. The first-order valence-corrected chi connectivity index (χ1v) is 40.9. The molecule has 0 saturated heterocycles. The highest BCUT2D eigenvalue weighted by Crippen LogP contribution is 2.47. The molecule has 0 spiro atoms. The van der Waals surface area contributed by atoms with Crippen molar-refractivity contribution >= 4 is 175 Å². The minimum Gasteiger partial charge on any atom is -0.492 e. The number of Topliss-reactive ketones (excluding diaryl/α,β-unsaturated/α-hetero) is 2. The van der Waals surface area contributed by atoms with Crippen molar-refractivity contribution < 1.29 is 98.6 Å². The van der Waals surface area contributed by atoms with E-state index in [2.05, 4.69) is 30.4 Å². The van der Waals surface area contributed by atoms with Crippen LogP contribution in [0.5, 0.6) is 11.5 Å². The quantitative estimate of drug-likeness (QED) is 0.0153. The van der Waals surface area contributed by atoms with E-state index in [-0.39, 0.29) is 180 Å². The normalized spacial score (nSPS) is 13.5. The van der Waals surface area contributed by atoms with Crippen LogP contribution < -0.4 is 31.6 Å². The Morgan fingerprint density at radius 1 is 0.643 bits per heavy atom. The number of ketones is 2. The summed E-state index contributed by atoms with van der Waals surface area (Å²) in [4.78, 5) is 141. The number of aromatic carboxylic acids is 2. The molecule has 15 aromatic rings. The van der Waals surface area contributed by atoms with Crippen LogP contribution in [0.25, 0.3) is 110 Å². The van der Waals surface area contributed by atoms with Crippen LogP contribution in [0.1, 0.15) is 133 Å². The lowest BCUT2D eigenvalue weighted by Crippen LogP contribution is -2.30. The summed E-state index contributed by atoms with van der Waals surface area (Å²) in [5.74, 6) is -7.27. The zero-order valence-corrected chi connectivity index (χ0v) is 71.2. The third kappa shape index (κ3) is 16.7. The molecule has 1 unspecified atom stereocenters. The molecule has 36 heteroatoms. The summed E-state index contributed by atoms with van der Waals surface area (Å²) < 4.78 is 106. The van der Waals surface area contributed by atoms with Gasteiger partial charge < -0.3 is 67.2 Å². The van der Waals surface area contributed by atoms with Gasteiger partial charge in [0.05, 0.1) is 121 Å². The van der Waals surface area contributed by atoms with Crippen molar-refractivity contribution in [2.45, 2.75) is 113 Å². The summed E-state index contributed by atoms with van der Waals surface area (Å²) in [7, 11) is 0. The smallest absolute Gasteiger partial charge is 0.414 e. The van der Waals surface area contributed by atoms with E-state index in [1.165, 1.54) is 77.4 Å². The summed E-state index contributed by atoms with van der Waals surface area (Å²) in [6, 6.07) is 20.9. The molecule has 1 amide bonds. The topological polar surface area (TPSA) is 412 Å². The SMILES string of the molecule is CC(C)(C)C(=O)OCn1ncc2cc(Cn3c(C(=O)O)c(C4=CC=CCC4=O)c4c5c(c(F)cc43)CCO5)c(Cl)cc21.CC(C)(C)OC(=O)Nc1nc2cc(F)c(Cn3c(C(=O)O)c(-c4ccc[nH]c4=O)c4c5occc5c(F)cc43)cc2c(=O)[nH]1.CCOC(=O)c1c(C2=CC=CCC2=O)c2c3occc3c(F)cc2n1Cc1cc2ccc(OC(=O)C(C)N)cc2nc1Cl. The number of halogens is 6. The summed E-state index contributed by atoms with van der Waals surface area (Å²) >= 11 is 13.4. The van der Waals surface area contributed by atoms with Gasteiger partial charge in [0, 0.05) is 104 Å². The van der Waals surface area contributed by atoms with Gasteiger partial charge in [0.15, 0.2) is 18.3 Å². The van der Waals surface area contributed by atoms with Crippen LogP contribution >= 0.6 is 23.2 Å². The molecule has 10 heterocycles. The summed E-state index contributed by atoms with van der Waals surface area (Å²) in [5.41, 5.74) is 6.26. The number of carbonyl (C=O) groups is 8. The minimum absolute atomic E-state index is 0.00384. The first-order valence-electron chi connectivity index (χ1n) is 40.1. The van der Waals surface area contributed by atoms with Crippen LogP contribution in [-0.4, -0.2) is 126 Å². The standard InChI is InChI=1S/C32H25ClFN3O6.C31H27ClFN3O6.C30H23F2N5O7/c1-3-41-32(40)28-26(21-6-4-5-7-25(21)38)27-24(14-22(34)20-10-11-42-29(20)27)37(28)15-18-12-17-8-9-19(43-31(39)16(2)35)13-23(17)36-30(18)33;1-31(2,3)30(40)42-15-36-22-11-20(32)17(10-16(22)13-34-36)14-35-23-12-21(33)18-8-9-41-28(18)26(23)25(27(35)29(38)39)19-6-4-5-7-24(19)37;1-30(2,3)44-29(42)36-28-34-19-10-17(31)13(9-16(19)26(39)35-28)12-37-20-11-18(32)14-6-8-43-24(14)22(20)21(23(37)27(40)41)15-5-4-7-33-25(15)38/h4-6,8-14,16H,3,7,15,35H2,1-2H3;4-6,10-13H,7-9,14-15H2,1-3H3,(H,38,39);4-11H,12H2,1-3H3,(H,33,38)(H,40,41)(H2,34,35,36,39,42). The Balaban J connectivity index is 0.000000142. The van der Waals surface area contributed by atoms with Gasteiger partial charge in [-0.2, -0.15) is 5.10 Å². The number of carboxylic acids is 2. The number of hydrogen-bond donors (Lipinski definition) is 6. The third-order valence-corrected chi connectivity index (χ3v) is 22.2. The number of esters is 3. The van der Waals surface area contributed by atoms with Crippen molar-refractivity contribution in [2.24, 2.45) is 11.1 Å². The van der Waals surface area contributed by atoms with E-state index in [1.807, 2.05) is 0 Å². The molecular weight excluding hydrogens is 1720 g/mol. The highest BCUT2D eigenvalue weighted by molar-refractivity contribution is 6.33. The first-order chi connectivity index (χ1) is 61.4. The average Bonchev–Trinajstić information content (AvgIpc) is 1.59. The molecule has 658 valence electrons. The van der Waals surface area contributed by atoms with Crippen LogP contribution in [0.4, 0.5) is 28.3 Å². The van der Waals surface area contributed by atoms with Crippen LogP contribution in [0.2, 0.25) is 10.2 Å². The van der Waals surface area contributed by atoms with Crippen molar-refractivity contribution in [3.63, 3.8) is 0 Å². The van der Waals surface area contributed by atoms with Gasteiger partial charge in [-0.25, -0.2) is 56.2 Å². The number of anilines is 1. The number of H-pyrrole nitrogens is 2. The van der Waals surface area contributed by atoms with Gasteiger partial charge >= 0.3 is 35.9 Å². The van der Waals surface area contributed by atoms with Crippen LogP contribution in [-0.2, 0) is 66.2 Å². The van der Waals surface area contributed by atoms with E-state index in [4.69, 9.17) is 61.5 Å². The number of carboxylic acid groups (broad SMARTS) is 2. The van der Waals surface area contributed by atoms with Crippen molar-refractivity contribution in [2.75, 3.05) is 18.5 Å². The number of nitrogens with zero attached hydrogens (tertiary/aromatic N) is 7. The van der Waals surface area contributed by atoms with E-state index in [1.54, 1.807) is 132 Å². The maximum Gasteiger partial charge on any atom is 0.414 e. The Hall–Kier alpha value is -15.0. The van der Waals surface area contributed by atoms with E-state index in [0.717, 1.165) is 16.7 Å². The first kappa shape index (κ1) is 87.4. The van der Waals surface area contributed by atoms with Gasteiger partial charge in [0.25, 0.3) is 11.1 Å². The monoisotopic (exact) mass is 1800 g/mol. The number of rotatable bonds is 18. The number of fused-ring (bicyclic) bond motifs is 12. The van der Waals surface area contributed by atoms with E-state index >= 15 is 17.6 Å². The second-order valence-electron chi connectivity index (χ2n) is 32.4. The van der Waals surface area contributed by atoms with Crippen LogP contribution in [0.15, 0.2) is 171 Å². The fourth-order valence-corrected chi connectivity index (χ4v) is 16.2. The highest BCUT2D eigenvalue weighted by Gasteiger charge is 2.38. The summed E-state index contributed by atoms with van der Waals surface area (Å²) in [6.45, 7) is 13.1. The number of carbonyl (C=O) groups excluding carboxylic acids is 6. The Morgan fingerprint density at radius 2 is 1.24 bits per heavy atom. The molecule has 1 atom stereocenters. The number of aromatic nitrogens is 9. The number of aromatic amines is 2. The number of furan rings is 2. The molecule has 7 N–H and O–H groups in total. The zero-order valence-electron chi connectivity index (χ0n) is 69.7. The number of allylic oxidation sites excluding steroid dienone is 8. The predicted molar refractivity (Wildman–Crippen MR) is 470 cm³/mol. The van der Waals surface area contributed by atoms with Crippen molar-refractivity contribution in [3.05, 3.63) is 257 Å². The largest absolute Gasteiger partial charge is 0.492 e. The molecule has 0 bridgehead atoms. The van der Waals surface area contributed by atoms with Gasteiger partial charge in [-0.1, -0.05) is 59.7 Å². The van der Waals surface area contributed by atoms with Gasteiger partial charge in [-0.15, -0.1) is 0 Å². The van der Waals surface area contributed by atoms with Gasteiger partial charge in [-0.05, 0) is 140 Å². The lowest BCUT2D eigenvalue weighted by atomic mass is 9.92. The molecule has 3 aliphatic rings. The van der Waals surface area contributed by atoms with E-state index in [9.17, 15) is 58.2 Å². The van der Waals surface area contributed by atoms with Gasteiger partial charge in [-0.3, -0.25) is 34.3 Å². The Kier molecular flexibility index (Phi) is 23.3. The maximum absolute atomic E-state index is 15.6. The average molecular weight is 1800 g/mol. The second-order valence-corrected chi connectivity index (χ2v) is 33.2. The number of ether oxygens (including phenoxy) is 5. The molecule has 1 aliphatic heterocycles. The molecule has 0 saturated carbocycles. The number of nitrogens with one attached hydrogen (secondary N) is 3. The minimum atomic E-state index is -1.47. The lowest BCUT2D eigenvalue weighted by molar-refractivity contribution is -0.157. The zero-order chi connectivity index (χ0) is 91.8. The highest BCUT2D eigenvalue weighted by atomic mass is 35.5. The fourth-order valence-electron chi connectivity index (χ4n) is 15.8. The van der Waals surface area contributed by atoms with Crippen molar-refractivity contribution in [1.82, 2.24) is 43.4 Å². The third-order valence-electron chi connectivity index (χ3n) is 21.5. The van der Waals surface area contributed by atoms with Gasteiger partial charge in [0.1, 0.15) is 79.8 Å². The van der Waals surface area contributed by atoms with Crippen LogP contribution in [0.3, 0.4) is 0 Å². The summed E-state index contributed by atoms with van der Waals surface area (Å²) in [6.07, 6.45) is 15.4. The predicted octanol–water partition coefficient (Wildman–Crippen LogP) is 17.4. The summed E-state index contributed by atoms with van der Waals surface area (Å²) in [5, 5.41) is 30.4. The lowest BCUT2D eigenvalue weighted by Gasteiger charge is -2.19. The molecule has 0 radical (unpaired) electrons. The fraction of sp³-hybridized carbons (Fsp3) is 0.215. The van der Waals surface area contributed by atoms with E-state index < -0.39 is 93.7 Å². The molecule has 18 rings (SSSR count). The maximum atomic E-state index is 15.6. The Labute approximate surface area is 735 Å². The number of benzene rings is 6. The number of amides is 1. The Morgan fingerprint density at radius 3 is 1.85 bits per heavy atom. The number of pyridine rings is 2. The Bertz CT molecular complexity index is 7610. The van der Waals surface area contributed by atoms with Gasteiger partial charge in [0.2, 0.25) is 5.95 Å². The number of hydrogen-bond acceptors (Lipinski definition) is 21. The second kappa shape index (κ2) is 34.4. The molecule has 2 aliphatic carbocycles. The van der Waals surface area contributed by atoms with Crippen molar-refractivity contribution in [3.8, 4) is 22.6 Å². The molecule has 9 aromatic heterocycles. The molecule has 30 nitrogen and oxygen atoms in total. The molecule has 0 fully saturated rings. The van der Waals surface area contributed by atoms with Crippen LogP contribution in [0, 0.1) is 28.7 Å². The van der Waals surface area contributed by atoms with Crippen molar-refractivity contribution in [1.29, 1.82) is 0 Å². The molecule has 129 heavy (non-hydrogen) atoms.